The Morgan fingerprint density at radius 2 is 1.95 bits per heavy atom. The first-order valence-corrected chi connectivity index (χ1v) is 6.91. The SMILES string of the molecule is COC(=O)C(O)C1CC(C)(C)OC1[C@H]1COC(C)(C)O1. The molecule has 0 saturated carbocycles. The molecule has 2 aliphatic rings. The van der Waals surface area contributed by atoms with E-state index in [1.54, 1.807) is 0 Å². The van der Waals surface area contributed by atoms with Crippen molar-refractivity contribution in [1.29, 1.82) is 0 Å². The van der Waals surface area contributed by atoms with Crippen molar-refractivity contribution in [2.45, 2.75) is 63.8 Å². The van der Waals surface area contributed by atoms with Gasteiger partial charge in [-0.2, -0.15) is 0 Å². The first-order chi connectivity index (χ1) is 9.15. The van der Waals surface area contributed by atoms with Crippen molar-refractivity contribution in [2.75, 3.05) is 13.7 Å². The number of methoxy groups -OCH3 is 1. The predicted octanol–water partition coefficient (Wildman–Crippen LogP) is 0.855. The van der Waals surface area contributed by atoms with Gasteiger partial charge in [-0.3, -0.25) is 0 Å². The van der Waals surface area contributed by atoms with Crippen LogP contribution in [0.4, 0.5) is 0 Å². The van der Waals surface area contributed by atoms with Gasteiger partial charge in [0.15, 0.2) is 11.9 Å². The van der Waals surface area contributed by atoms with Crippen LogP contribution in [0.5, 0.6) is 0 Å². The maximum atomic E-state index is 11.6. The summed E-state index contributed by atoms with van der Waals surface area (Å²) in [5.74, 6) is -1.67. The fourth-order valence-electron chi connectivity index (χ4n) is 3.00. The molecule has 116 valence electrons. The molecule has 1 N–H and O–H groups in total. The highest BCUT2D eigenvalue weighted by atomic mass is 16.8. The first-order valence-electron chi connectivity index (χ1n) is 6.91. The zero-order valence-corrected chi connectivity index (χ0v) is 12.7. The Morgan fingerprint density at radius 3 is 2.45 bits per heavy atom. The minimum absolute atomic E-state index is 0.295. The van der Waals surface area contributed by atoms with E-state index < -0.39 is 23.5 Å². The van der Waals surface area contributed by atoms with Gasteiger partial charge in [-0.25, -0.2) is 4.79 Å². The molecule has 4 atom stereocenters. The molecule has 0 aromatic carbocycles. The third-order valence-corrected chi connectivity index (χ3v) is 3.85. The fourth-order valence-corrected chi connectivity index (χ4v) is 3.00. The van der Waals surface area contributed by atoms with Crippen molar-refractivity contribution in [3.8, 4) is 0 Å². The van der Waals surface area contributed by atoms with E-state index in [0.29, 0.717) is 13.0 Å². The smallest absolute Gasteiger partial charge is 0.335 e. The van der Waals surface area contributed by atoms with Crippen molar-refractivity contribution in [3.63, 3.8) is 0 Å². The summed E-state index contributed by atoms with van der Waals surface area (Å²) >= 11 is 0. The van der Waals surface area contributed by atoms with Gasteiger partial charge in [0.2, 0.25) is 0 Å². The molecule has 2 aliphatic heterocycles. The number of aliphatic hydroxyl groups excluding tert-OH is 1. The molecule has 0 aromatic heterocycles. The van der Waals surface area contributed by atoms with Crippen LogP contribution in [0.3, 0.4) is 0 Å². The van der Waals surface area contributed by atoms with Crippen molar-refractivity contribution >= 4 is 5.97 Å². The van der Waals surface area contributed by atoms with Gasteiger partial charge in [-0.05, 0) is 34.1 Å². The number of rotatable bonds is 3. The maximum Gasteiger partial charge on any atom is 0.335 e. The van der Waals surface area contributed by atoms with Crippen molar-refractivity contribution in [3.05, 3.63) is 0 Å². The molecule has 0 amide bonds. The van der Waals surface area contributed by atoms with Gasteiger partial charge in [0.25, 0.3) is 0 Å². The van der Waals surface area contributed by atoms with Crippen LogP contribution < -0.4 is 0 Å². The highest BCUT2D eigenvalue weighted by molar-refractivity contribution is 5.74. The molecule has 2 fully saturated rings. The Bertz CT molecular complexity index is 378. The lowest BCUT2D eigenvalue weighted by Crippen LogP contribution is -2.42. The summed E-state index contributed by atoms with van der Waals surface area (Å²) in [7, 11) is 1.26. The van der Waals surface area contributed by atoms with Crippen LogP contribution >= 0.6 is 0 Å². The van der Waals surface area contributed by atoms with Crippen LogP contribution in [-0.4, -0.2) is 54.5 Å². The monoisotopic (exact) mass is 288 g/mol. The van der Waals surface area contributed by atoms with E-state index in [-0.39, 0.29) is 18.1 Å². The highest BCUT2D eigenvalue weighted by Gasteiger charge is 2.52. The number of ether oxygens (including phenoxy) is 4. The Balaban J connectivity index is 2.14. The van der Waals surface area contributed by atoms with E-state index in [9.17, 15) is 9.90 Å². The largest absolute Gasteiger partial charge is 0.467 e. The van der Waals surface area contributed by atoms with Crippen LogP contribution in [0.15, 0.2) is 0 Å². The summed E-state index contributed by atoms with van der Waals surface area (Å²) in [6, 6.07) is 0. The average Bonchev–Trinajstić information content (AvgIpc) is 2.86. The van der Waals surface area contributed by atoms with Crippen molar-refractivity contribution in [1.82, 2.24) is 0 Å². The van der Waals surface area contributed by atoms with Gasteiger partial charge < -0.3 is 24.1 Å². The van der Waals surface area contributed by atoms with Gasteiger partial charge in [-0.1, -0.05) is 0 Å². The summed E-state index contributed by atoms with van der Waals surface area (Å²) in [5, 5.41) is 10.2. The molecule has 0 bridgehead atoms. The van der Waals surface area contributed by atoms with E-state index in [0.717, 1.165) is 0 Å². The third kappa shape index (κ3) is 3.14. The van der Waals surface area contributed by atoms with Crippen molar-refractivity contribution < 1.29 is 28.8 Å². The molecule has 2 saturated heterocycles. The minimum Gasteiger partial charge on any atom is -0.467 e. The fraction of sp³-hybridized carbons (Fsp3) is 0.929. The standard InChI is InChI=1S/C14H24O6/c1-13(2)6-8(10(15)12(16)17-5)11(20-13)9-7-18-14(3,4)19-9/h8-11,15H,6-7H2,1-5H3/t8?,9-,10?,11?/m1/s1. The zero-order valence-electron chi connectivity index (χ0n) is 12.7. The molecular weight excluding hydrogens is 264 g/mol. The lowest BCUT2D eigenvalue weighted by atomic mass is 9.87. The summed E-state index contributed by atoms with van der Waals surface area (Å²) in [5.41, 5.74) is -0.416. The van der Waals surface area contributed by atoms with Crippen LogP contribution in [0, 0.1) is 5.92 Å². The minimum atomic E-state index is -1.21. The molecule has 0 spiro atoms. The molecular formula is C14H24O6. The number of hydrogen-bond donors (Lipinski definition) is 1. The maximum absolute atomic E-state index is 11.6. The number of esters is 1. The molecule has 3 unspecified atom stereocenters. The van der Waals surface area contributed by atoms with E-state index in [1.807, 2.05) is 27.7 Å². The normalized spacial score (nSPS) is 36.8. The van der Waals surface area contributed by atoms with Crippen LogP contribution in [0.1, 0.15) is 34.1 Å². The Morgan fingerprint density at radius 1 is 1.30 bits per heavy atom. The first kappa shape index (κ1) is 15.7. The van der Waals surface area contributed by atoms with Crippen molar-refractivity contribution in [2.24, 2.45) is 5.92 Å². The quantitative estimate of drug-likeness (QED) is 0.776. The van der Waals surface area contributed by atoms with E-state index in [2.05, 4.69) is 4.74 Å². The molecule has 0 aliphatic carbocycles. The Labute approximate surface area is 119 Å². The number of aliphatic hydroxyl groups is 1. The van der Waals surface area contributed by atoms with Gasteiger partial charge >= 0.3 is 5.97 Å². The van der Waals surface area contributed by atoms with Crippen LogP contribution in [0.25, 0.3) is 0 Å². The van der Waals surface area contributed by atoms with Crippen LogP contribution in [-0.2, 0) is 23.7 Å². The predicted molar refractivity (Wildman–Crippen MR) is 70.0 cm³/mol. The number of carbonyl (C=O) groups is 1. The lowest BCUT2D eigenvalue weighted by molar-refractivity contribution is -0.171. The van der Waals surface area contributed by atoms with E-state index >= 15 is 0 Å². The number of hydrogen-bond acceptors (Lipinski definition) is 6. The summed E-state index contributed by atoms with van der Waals surface area (Å²) in [6.45, 7) is 7.92. The van der Waals surface area contributed by atoms with E-state index in [1.165, 1.54) is 7.11 Å². The zero-order chi connectivity index (χ0) is 15.1. The second kappa shape index (κ2) is 5.26. The Kier molecular flexibility index (Phi) is 4.12. The summed E-state index contributed by atoms with van der Waals surface area (Å²) in [6.07, 6.45) is -1.33. The molecule has 0 aromatic rings. The lowest BCUT2D eigenvalue weighted by Gasteiger charge is -2.27. The molecule has 0 radical (unpaired) electrons. The molecule has 2 heterocycles. The average molecular weight is 288 g/mol. The topological polar surface area (TPSA) is 74.2 Å². The van der Waals surface area contributed by atoms with Gasteiger partial charge in [0, 0.05) is 5.92 Å². The highest BCUT2D eigenvalue weighted by Crippen LogP contribution is 2.41. The summed E-state index contributed by atoms with van der Waals surface area (Å²) < 4.78 is 22.0. The molecule has 6 nitrogen and oxygen atoms in total. The number of carbonyl (C=O) groups excluding carboxylic acids is 1. The van der Waals surface area contributed by atoms with Gasteiger partial charge in [-0.15, -0.1) is 0 Å². The van der Waals surface area contributed by atoms with E-state index in [4.69, 9.17) is 14.2 Å². The third-order valence-electron chi connectivity index (χ3n) is 3.85. The molecule has 20 heavy (non-hydrogen) atoms. The molecule has 2 rings (SSSR count). The molecule has 6 heteroatoms. The Hall–Kier alpha value is -0.690. The second-order valence-electron chi connectivity index (χ2n) is 6.55. The summed E-state index contributed by atoms with van der Waals surface area (Å²) in [4.78, 5) is 11.6. The van der Waals surface area contributed by atoms with Gasteiger partial charge in [0.1, 0.15) is 6.10 Å². The van der Waals surface area contributed by atoms with Crippen LogP contribution in [0.2, 0.25) is 0 Å². The van der Waals surface area contributed by atoms with Gasteiger partial charge in [0.05, 0.1) is 25.4 Å². The second-order valence-corrected chi connectivity index (χ2v) is 6.55.